The zero-order chi connectivity index (χ0) is 18.6. The van der Waals surface area contributed by atoms with Crippen molar-refractivity contribution < 1.29 is 9.90 Å². The van der Waals surface area contributed by atoms with Crippen LogP contribution in [-0.4, -0.2) is 58.6 Å². The minimum Gasteiger partial charge on any atom is -0.390 e. The predicted octanol–water partition coefficient (Wildman–Crippen LogP) is 3.48. The lowest BCUT2D eigenvalue weighted by molar-refractivity contribution is 0.0560. The van der Waals surface area contributed by atoms with Gasteiger partial charge in [-0.1, -0.05) is 12.1 Å². The van der Waals surface area contributed by atoms with Crippen LogP contribution in [0, 0.1) is 0 Å². The molecule has 1 amide bonds. The summed E-state index contributed by atoms with van der Waals surface area (Å²) in [5, 5.41) is 9.87. The van der Waals surface area contributed by atoms with Crippen molar-refractivity contribution in [3.8, 4) is 0 Å². The molecule has 0 radical (unpaired) electrons. The van der Waals surface area contributed by atoms with E-state index in [4.69, 9.17) is 0 Å². The Bertz CT molecular complexity index is 585. The molecule has 4 heteroatoms. The van der Waals surface area contributed by atoms with Crippen LogP contribution in [0.2, 0.25) is 0 Å². The molecule has 2 aliphatic rings. The van der Waals surface area contributed by atoms with Gasteiger partial charge in [-0.3, -0.25) is 4.79 Å². The van der Waals surface area contributed by atoms with Crippen molar-refractivity contribution in [1.29, 1.82) is 0 Å². The molecule has 3 rings (SSSR count). The summed E-state index contributed by atoms with van der Waals surface area (Å²) in [5.74, 6) is 0.183. The van der Waals surface area contributed by atoms with Gasteiger partial charge in [-0.05, 0) is 89.6 Å². The molecule has 4 nitrogen and oxygen atoms in total. The fraction of sp³-hybridized carbons (Fsp3) is 0.682. The van der Waals surface area contributed by atoms with E-state index in [0.717, 1.165) is 44.3 Å². The molecule has 1 aromatic rings. The number of carbonyl (C=O) groups excluding carboxylic acids is 1. The third kappa shape index (κ3) is 5.31. The zero-order valence-corrected chi connectivity index (χ0v) is 16.4. The average Bonchev–Trinajstić information content (AvgIpc) is 3.13. The van der Waals surface area contributed by atoms with E-state index < -0.39 is 5.60 Å². The Hall–Kier alpha value is -1.39. The van der Waals surface area contributed by atoms with Gasteiger partial charge in [-0.15, -0.1) is 0 Å². The lowest BCUT2D eigenvalue weighted by Gasteiger charge is -2.38. The molecule has 26 heavy (non-hydrogen) atoms. The summed E-state index contributed by atoms with van der Waals surface area (Å²) in [5.41, 5.74) is 1.33. The van der Waals surface area contributed by atoms with Crippen LogP contribution in [0.5, 0.6) is 0 Å². The van der Waals surface area contributed by atoms with Crippen molar-refractivity contribution in [3.63, 3.8) is 0 Å². The maximum Gasteiger partial charge on any atom is 0.254 e. The number of likely N-dealkylation sites (tertiary alicyclic amines) is 2. The largest absolute Gasteiger partial charge is 0.390 e. The monoisotopic (exact) mass is 358 g/mol. The number of benzene rings is 1. The topological polar surface area (TPSA) is 43.8 Å². The van der Waals surface area contributed by atoms with E-state index in [0.29, 0.717) is 6.04 Å². The second-order valence-corrected chi connectivity index (χ2v) is 8.67. The molecule has 2 heterocycles. The molecule has 0 saturated carbocycles. The van der Waals surface area contributed by atoms with Gasteiger partial charge < -0.3 is 14.9 Å². The molecular weight excluding hydrogens is 324 g/mol. The van der Waals surface area contributed by atoms with Crippen molar-refractivity contribution in [2.75, 3.05) is 26.2 Å². The summed E-state index contributed by atoms with van der Waals surface area (Å²) < 4.78 is 0. The predicted molar refractivity (Wildman–Crippen MR) is 105 cm³/mol. The van der Waals surface area contributed by atoms with Gasteiger partial charge in [-0.25, -0.2) is 0 Å². The Morgan fingerprint density at radius 2 is 1.73 bits per heavy atom. The fourth-order valence-corrected chi connectivity index (χ4v) is 4.15. The highest BCUT2D eigenvalue weighted by molar-refractivity contribution is 5.94. The van der Waals surface area contributed by atoms with Crippen LogP contribution in [0.15, 0.2) is 24.3 Å². The smallest absolute Gasteiger partial charge is 0.254 e. The molecule has 144 valence electrons. The second kappa shape index (κ2) is 8.53. The van der Waals surface area contributed by atoms with Crippen LogP contribution >= 0.6 is 0 Å². The zero-order valence-electron chi connectivity index (χ0n) is 16.4. The van der Waals surface area contributed by atoms with Gasteiger partial charge in [0.15, 0.2) is 0 Å². The highest BCUT2D eigenvalue weighted by Crippen LogP contribution is 2.23. The summed E-state index contributed by atoms with van der Waals surface area (Å²) in [6.45, 7) is 7.97. The normalized spacial score (nSPS) is 22.0. The van der Waals surface area contributed by atoms with E-state index in [1.807, 2.05) is 38.1 Å². The van der Waals surface area contributed by atoms with Gasteiger partial charge in [0.2, 0.25) is 0 Å². The highest BCUT2D eigenvalue weighted by atomic mass is 16.3. The van der Waals surface area contributed by atoms with Gasteiger partial charge in [0.1, 0.15) is 0 Å². The van der Waals surface area contributed by atoms with E-state index in [9.17, 15) is 9.90 Å². The van der Waals surface area contributed by atoms with Crippen molar-refractivity contribution in [2.24, 2.45) is 0 Å². The van der Waals surface area contributed by atoms with E-state index >= 15 is 0 Å². The number of aryl methyl sites for hydroxylation is 1. The van der Waals surface area contributed by atoms with Crippen LogP contribution in [0.25, 0.3) is 0 Å². The molecule has 1 N–H and O–H groups in total. The number of piperidine rings is 1. The quantitative estimate of drug-likeness (QED) is 0.847. The van der Waals surface area contributed by atoms with Crippen LogP contribution in [0.1, 0.15) is 68.3 Å². The lowest BCUT2D eigenvalue weighted by atomic mass is 9.97. The first-order valence-corrected chi connectivity index (χ1v) is 10.3. The number of carbonyl (C=O) groups is 1. The molecule has 2 saturated heterocycles. The maximum absolute atomic E-state index is 13.1. The Balaban J connectivity index is 1.62. The molecule has 1 aromatic carbocycles. The van der Waals surface area contributed by atoms with E-state index in [2.05, 4.69) is 9.80 Å². The molecule has 0 aliphatic carbocycles. The number of aliphatic hydroxyl groups is 1. The first-order valence-electron chi connectivity index (χ1n) is 10.3. The number of rotatable bonds is 6. The van der Waals surface area contributed by atoms with Crippen LogP contribution in [-0.2, 0) is 6.42 Å². The van der Waals surface area contributed by atoms with E-state index in [1.54, 1.807) is 0 Å². The summed E-state index contributed by atoms with van der Waals surface area (Å²) >= 11 is 0. The molecule has 0 aromatic heterocycles. The van der Waals surface area contributed by atoms with Gasteiger partial charge in [-0.2, -0.15) is 0 Å². The first-order chi connectivity index (χ1) is 12.4. The van der Waals surface area contributed by atoms with Gasteiger partial charge in [0, 0.05) is 24.7 Å². The van der Waals surface area contributed by atoms with Crippen molar-refractivity contribution in [1.82, 2.24) is 9.80 Å². The van der Waals surface area contributed by atoms with Crippen molar-refractivity contribution >= 4 is 5.91 Å². The van der Waals surface area contributed by atoms with Gasteiger partial charge >= 0.3 is 0 Å². The van der Waals surface area contributed by atoms with Crippen LogP contribution in [0.3, 0.4) is 0 Å². The first kappa shape index (κ1) is 19.4. The number of hydrogen-bond acceptors (Lipinski definition) is 3. The average molecular weight is 359 g/mol. The molecular formula is C22H34N2O2. The molecule has 1 atom stereocenters. The lowest BCUT2D eigenvalue weighted by Crippen LogP contribution is -2.49. The Kier molecular flexibility index (Phi) is 6.36. The summed E-state index contributed by atoms with van der Waals surface area (Å²) in [6.07, 6.45) is 7.64. The SMILES string of the molecule is CC(C)(O)CCc1ccc(C(=O)N2CCCCC2CN2CCCC2)cc1. The Morgan fingerprint density at radius 3 is 2.38 bits per heavy atom. The molecule has 2 aliphatic heterocycles. The highest BCUT2D eigenvalue weighted by Gasteiger charge is 2.29. The molecule has 2 fully saturated rings. The van der Waals surface area contributed by atoms with Crippen molar-refractivity contribution in [2.45, 2.75) is 70.4 Å². The third-order valence-corrected chi connectivity index (χ3v) is 5.78. The number of hydrogen-bond donors (Lipinski definition) is 1. The minimum atomic E-state index is -0.648. The fourth-order valence-electron chi connectivity index (χ4n) is 4.15. The van der Waals surface area contributed by atoms with E-state index in [-0.39, 0.29) is 5.91 Å². The molecule has 1 unspecified atom stereocenters. The Morgan fingerprint density at radius 1 is 1.08 bits per heavy atom. The maximum atomic E-state index is 13.1. The summed E-state index contributed by atoms with van der Waals surface area (Å²) in [6, 6.07) is 8.37. The molecule has 0 bridgehead atoms. The second-order valence-electron chi connectivity index (χ2n) is 8.67. The number of nitrogens with zero attached hydrogens (tertiary/aromatic N) is 2. The van der Waals surface area contributed by atoms with Crippen LogP contribution in [0.4, 0.5) is 0 Å². The third-order valence-electron chi connectivity index (χ3n) is 5.78. The van der Waals surface area contributed by atoms with Crippen LogP contribution < -0.4 is 0 Å². The van der Waals surface area contributed by atoms with Gasteiger partial charge in [0.25, 0.3) is 5.91 Å². The molecule has 0 spiro atoms. The van der Waals surface area contributed by atoms with E-state index in [1.165, 1.54) is 37.9 Å². The summed E-state index contributed by atoms with van der Waals surface area (Å²) in [7, 11) is 0. The standard InChI is InChI=1S/C22H34N2O2/c1-22(2,26)13-12-18-8-10-19(11-9-18)21(25)24-16-4-3-7-20(24)17-23-14-5-6-15-23/h8-11,20,26H,3-7,12-17H2,1-2H3. The summed E-state index contributed by atoms with van der Waals surface area (Å²) in [4.78, 5) is 17.7. The minimum absolute atomic E-state index is 0.183. The van der Waals surface area contributed by atoms with Gasteiger partial charge in [0.05, 0.1) is 5.60 Å². The Labute approximate surface area is 158 Å². The number of amides is 1. The van der Waals surface area contributed by atoms with Crippen molar-refractivity contribution in [3.05, 3.63) is 35.4 Å².